The van der Waals surface area contributed by atoms with Gasteiger partial charge in [0.2, 0.25) is 0 Å². The zero-order chi connectivity index (χ0) is 11.4. The van der Waals surface area contributed by atoms with Crippen molar-refractivity contribution in [2.24, 2.45) is 0 Å². The molecule has 3 nitrogen and oxygen atoms in total. The molecule has 3 N–H and O–H groups in total. The van der Waals surface area contributed by atoms with E-state index in [1.54, 1.807) is 12.1 Å². The Kier molecular flexibility index (Phi) is 3.99. The molecular weight excluding hydrogens is 201 g/mol. The molecule has 4 heteroatoms. The van der Waals surface area contributed by atoms with Crippen LogP contribution in [0.1, 0.15) is 31.2 Å². The fraction of sp³-hybridized carbons (Fsp3) is 0.500. The second-order valence-corrected chi connectivity index (χ2v) is 4.48. The molecule has 16 heavy (non-hydrogen) atoms. The van der Waals surface area contributed by atoms with E-state index in [-0.39, 0.29) is 0 Å². The van der Waals surface area contributed by atoms with E-state index in [0.29, 0.717) is 11.5 Å². The molecule has 1 aliphatic rings. The molecule has 0 aliphatic heterocycles. The summed E-state index contributed by atoms with van der Waals surface area (Å²) in [6.45, 7) is 0.868. The first-order valence-electron chi connectivity index (χ1n) is 5.94. The third kappa shape index (κ3) is 3.08. The molecule has 0 atom stereocenters. The highest BCUT2D eigenvalue weighted by Gasteiger charge is 2.14. The monoisotopic (exact) mass is 219 g/mol. The van der Waals surface area contributed by atoms with E-state index in [4.69, 9.17) is 10.0 Å². The van der Waals surface area contributed by atoms with Gasteiger partial charge in [-0.1, -0.05) is 37.1 Å². The van der Waals surface area contributed by atoms with Crippen LogP contribution in [0.25, 0.3) is 0 Å². The SMILES string of the molecule is OB(O)c1ccc(CNC2CCCC2)cc1. The Labute approximate surface area is 96.6 Å². The third-order valence-corrected chi connectivity index (χ3v) is 3.23. The van der Waals surface area contributed by atoms with Crippen molar-refractivity contribution in [3.8, 4) is 0 Å². The normalized spacial score (nSPS) is 16.6. The van der Waals surface area contributed by atoms with Crippen molar-refractivity contribution in [3.05, 3.63) is 29.8 Å². The average Bonchev–Trinajstić information content (AvgIpc) is 2.80. The van der Waals surface area contributed by atoms with Gasteiger partial charge in [-0.3, -0.25) is 0 Å². The van der Waals surface area contributed by atoms with Crippen molar-refractivity contribution < 1.29 is 10.0 Å². The maximum atomic E-state index is 8.96. The lowest BCUT2D eigenvalue weighted by molar-refractivity contribution is 0.426. The van der Waals surface area contributed by atoms with Gasteiger partial charge in [-0.05, 0) is 23.9 Å². The van der Waals surface area contributed by atoms with Gasteiger partial charge in [0.05, 0.1) is 0 Å². The predicted octanol–water partition coefficient (Wildman–Crippen LogP) is 0.399. The standard InChI is InChI=1S/C12H18BNO2/c15-13(16)11-7-5-10(6-8-11)9-14-12-3-1-2-4-12/h5-8,12,14-16H,1-4,9H2. The summed E-state index contributed by atoms with van der Waals surface area (Å²) in [6.07, 6.45) is 5.25. The molecule has 1 aliphatic carbocycles. The first-order chi connectivity index (χ1) is 7.75. The van der Waals surface area contributed by atoms with Gasteiger partial charge in [-0.2, -0.15) is 0 Å². The maximum absolute atomic E-state index is 8.96. The molecule has 0 saturated heterocycles. The highest BCUT2D eigenvalue weighted by molar-refractivity contribution is 6.58. The zero-order valence-electron chi connectivity index (χ0n) is 9.39. The Balaban J connectivity index is 1.84. The van der Waals surface area contributed by atoms with Crippen LogP contribution in [0.3, 0.4) is 0 Å². The molecule has 0 heterocycles. The molecule has 0 amide bonds. The summed E-state index contributed by atoms with van der Waals surface area (Å²) in [6, 6.07) is 8.07. The summed E-state index contributed by atoms with van der Waals surface area (Å²) < 4.78 is 0. The molecule has 0 unspecified atom stereocenters. The Hall–Kier alpha value is -0.835. The van der Waals surface area contributed by atoms with Crippen molar-refractivity contribution >= 4 is 12.6 Å². The second kappa shape index (κ2) is 5.48. The Bertz CT molecular complexity index is 320. The molecule has 1 aromatic carbocycles. The average molecular weight is 219 g/mol. The van der Waals surface area contributed by atoms with Crippen LogP contribution in [0.5, 0.6) is 0 Å². The smallest absolute Gasteiger partial charge is 0.423 e. The van der Waals surface area contributed by atoms with Gasteiger partial charge in [0, 0.05) is 12.6 Å². The minimum Gasteiger partial charge on any atom is -0.423 e. The fourth-order valence-corrected chi connectivity index (χ4v) is 2.20. The lowest BCUT2D eigenvalue weighted by atomic mass is 9.80. The predicted molar refractivity (Wildman–Crippen MR) is 65.4 cm³/mol. The van der Waals surface area contributed by atoms with E-state index >= 15 is 0 Å². The minimum absolute atomic E-state index is 0.546. The van der Waals surface area contributed by atoms with Crippen molar-refractivity contribution in [2.75, 3.05) is 0 Å². The van der Waals surface area contributed by atoms with E-state index in [1.165, 1.54) is 31.2 Å². The van der Waals surface area contributed by atoms with Crippen LogP contribution in [0.4, 0.5) is 0 Å². The molecule has 0 bridgehead atoms. The first kappa shape index (κ1) is 11.6. The van der Waals surface area contributed by atoms with Crippen molar-refractivity contribution in [2.45, 2.75) is 38.3 Å². The minimum atomic E-state index is -1.36. The summed E-state index contributed by atoms with van der Waals surface area (Å²) in [5.41, 5.74) is 1.74. The molecule has 1 saturated carbocycles. The topological polar surface area (TPSA) is 52.5 Å². The number of rotatable bonds is 4. The molecule has 1 aromatic rings. The van der Waals surface area contributed by atoms with Gasteiger partial charge in [0.15, 0.2) is 0 Å². The van der Waals surface area contributed by atoms with Gasteiger partial charge in [-0.15, -0.1) is 0 Å². The van der Waals surface area contributed by atoms with Crippen LogP contribution in [0.15, 0.2) is 24.3 Å². The highest BCUT2D eigenvalue weighted by Crippen LogP contribution is 2.17. The molecule has 0 aromatic heterocycles. The van der Waals surface area contributed by atoms with Crippen LogP contribution in [0.2, 0.25) is 0 Å². The van der Waals surface area contributed by atoms with E-state index < -0.39 is 7.12 Å². The third-order valence-electron chi connectivity index (χ3n) is 3.23. The molecule has 86 valence electrons. The van der Waals surface area contributed by atoms with Gasteiger partial charge in [0.1, 0.15) is 0 Å². The quantitative estimate of drug-likeness (QED) is 0.642. The van der Waals surface area contributed by atoms with Crippen molar-refractivity contribution in [1.29, 1.82) is 0 Å². The zero-order valence-corrected chi connectivity index (χ0v) is 9.39. The Morgan fingerprint density at radius 2 is 1.75 bits per heavy atom. The van der Waals surface area contributed by atoms with Crippen molar-refractivity contribution in [3.63, 3.8) is 0 Å². The van der Waals surface area contributed by atoms with Crippen LogP contribution in [-0.4, -0.2) is 23.2 Å². The largest absolute Gasteiger partial charge is 0.488 e. The summed E-state index contributed by atoms with van der Waals surface area (Å²) in [5.74, 6) is 0. The van der Waals surface area contributed by atoms with E-state index in [9.17, 15) is 0 Å². The van der Waals surface area contributed by atoms with E-state index in [1.807, 2.05) is 12.1 Å². The lowest BCUT2D eigenvalue weighted by Gasteiger charge is -2.11. The van der Waals surface area contributed by atoms with Gasteiger partial charge >= 0.3 is 7.12 Å². The molecule has 2 rings (SSSR count). The van der Waals surface area contributed by atoms with E-state index in [0.717, 1.165) is 6.54 Å². The Morgan fingerprint density at radius 1 is 1.12 bits per heavy atom. The Morgan fingerprint density at radius 3 is 2.31 bits per heavy atom. The first-order valence-corrected chi connectivity index (χ1v) is 5.94. The van der Waals surface area contributed by atoms with Crippen LogP contribution >= 0.6 is 0 Å². The highest BCUT2D eigenvalue weighted by atomic mass is 16.4. The number of hydrogen-bond acceptors (Lipinski definition) is 3. The molecular formula is C12H18BNO2. The van der Waals surface area contributed by atoms with E-state index in [2.05, 4.69) is 5.32 Å². The van der Waals surface area contributed by atoms with Gasteiger partial charge < -0.3 is 15.4 Å². The van der Waals surface area contributed by atoms with Crippen molar-refractivity contribution in [1.82, 2.24) is 5.32 Å². The summed E-state index contributed by atoms with van der Waals surface area (Å²) in [7, 11) is -1.36. The maximum Gasteiger partial charge on any atom is 0.488 e. The second-order valence-electron chi connectivity index (χ2n) is 4.48. The summed E-state index contributed by atoms with van der Waals surface area (Å²) >= 11 is 0. The van der Waals surface area contributed by atoms with Crippen LogP contribution < -0.4 is 10.8 Å². The van der Waals surface area contributed by atoms with Gasteiger partial charge in [0.25, 0.3) is 0 Å². The number of hydrogen-bond donors (Lipinski definition) is 3. The van der Waals surface area contributed by atoms with Crippen LogP contribution in [-0.2, 0) is 6.54 Å². The van der Waals surface area contributed by atoms with Gasteiger partial charge in [-0.25, -0.2) is 0 Å². The summed E-state index contributed by atoms with van der Waals surface area (Å²) in [5, 5.41) is 21.4. The molecule has 0 spiro atoms. The summed E-state index contributed by atoms with van der Waals surface area (Å²) in [4.78, 5) is 0. The van der Waals surface area contributed by atoms with Crippen LogP contribution in [0, 0.1) is 0 Å². The molecule has 1 fully saturated rings. The number of benzene rings is 1. The fourth-order valence-electron chi connectivity index (χ4n) is 2.20. The molecule has 0 radical (unpaired) electrons. The lowest BCUT2D eigenvalue weighted by Crippen LogP contribution is -2.30. The number of nitrogens with one attached hydrogen (secondary N) is 1.